The minimum atomic E-state index is -0.532. The molecule has 120 valence electrons. The maximum Gasteiger partial charge on any atom is 0.491 e. The summed E-state index contributed by atoms with van der Waals surface area (Å²) in [4.78, 5) is 3.92. The first kappa shape index (κ1) is 17.3. The predicted octanol–water partition coefficient (Wildman–Crippen LogP) is 3.17. The van der Waals surface area contributed by atoms with Crippen LogP contribution in [-0.4, -0.2) is 36.2 Å². The first-order valence-electron chi connectivity index (χ1n) is 7.06. The highest BCUT2D eigenvalue weighted by molar-refractivity contribution is 7.80. The lowest BCUT2D eigenvalue weighted by Crippen LogP contribution is -2.41. The van der Waals surface area contributed by atoms with Gasteiger partial charge in [0.1, 0.15) is 5.82 Å². The van der Waals surface area contributed by atoms with E-state index in [1.54, 1.807) is 6.08 Å². The van der Waals surface area contributed by atoms with E-state index in [-0.39, 0.29) is 0 Å². The molecule has 0 saturated carbocycles. The smallest absolute Gasteiger partial charge is 0.481 e. The van der Waals surface area contributed by atoms with Crippen LogP contribution in [0.15, 0.2) is 17.7 Å². The van der Waals surface area contributed by atoms with Crippen LogP contribution >= 0.6 is 12.6 Å². The van der Waals surface area contributed by atoms with Crippen molar-refractivity contribution in [3.63, 3.8) is 0 Å². The summed E-state index contributed by atoms with van der Waals surface area (Å²) in [5, 5.41) is 0. The zero-order chi connectivity index (χ0) is 16.5. The van der Waals surface area contributed by atoms with Crippen molar-refractivity contribution in [2.24, 2.45) is 0 Å². The number of rotatable bonds is 4. The molecule has 0 bridgehead atoms. The van der Waals surface area contributed by atoms with Gasteiger partial charge in [-0.25, -0.2) is 9.37 Å². The van der Waals surface area contributed by atoms with Gasteiger partial charge in [0.2, 0.25) is 5.88 Å². The van der Waals surface area contributed by atoms with Crippen LogP contribution in [0.5, 0.6) is 5.88 Å². The Hall–Kier alpha value is -1.05. The Morgan fingerprint density at radius 2 is 1.95 bits per heavy atom. The first-order chi connectivity index (χ1) is 10.2. The predicted molar refractivity (Wildman–Crippen MR) is 88.7 cm³/mol. The third-order valence-electron chi connectivity index (χ3n) is 4.12. The number of hydrogen-bond acceptors (Lipinski definition) is 5. The molecule has 0 aliphatic carbocycles. The van der Waals surface area contributed by atoms with Crippen molar-refractivity contribution in [3.05, 3.63) is 29.1 Å². The maximum atomic E-state index is 13.4. The zero-order valence-electron chi connectivity index (χ0n) is 13.5. The number of halogens is 1. The third-order valence-corrected chi connectivity index (χ3v) is 4.48. The first-order valence-corrected chi connectivity index (χ1v) is 7.70. The van der Waals surface area contributed by atoms with Crippen LogP contribution in [0.1, 0.15) is 33.3 Å². The highest BCUT2D eigenvalue weighted by Gasteiger charge is 2.52. The summed E-state index contributed by atoms with van der Waals surface area (Å²) in [5.41, 5.74) is 0.433. The molecule has 0 atom stereocenters. The van der Waals surface area contributed by atoms with E-state index in [1.807, 2.05) is 27.7 Å². The zero-order valence-corrected chi connectivity index (χ0v) is 14.4. The number of ether oxygens (including phenoxy) is 1. The van der Waals surface area contributed by atoms with E-state index in [1.165, 1.54) is 13.2 Å². The van der Waals surface area contributed by atoms with Gasteiger partial charge in [-0.05, 0) is 39.2 Å². The Bertz CT molecular complexity index is 576. The normalized spacial score (nSPS) is 20.3. The molecule has 2 rings (SSSR count). The fourth-order valence-corrected chi connectivity index (χ4v) is 2.34. The fraction of sp³-hybridized carbons (Fsp3) is 0.533. The van der Waals surface area contributed by atoms with Crippen LogP contribution in [0.3, 0.4) is 0 Å². The lowest BCUT2D eigenvalue weighted by Gasteiger charge is -2.32. The van der Waals surface area contributed by atoms with Crippen molar-refractivity contribution < 1.29 is 18.4 Å². The van der Waals surface area contributed by atoms with Gasteiger partial charge in [0.25, 0.3) is 0 Å². The van der Waals surface area contributed by atoms with E-state index >= 15 is 0 Å². The van der Waals surface area contributed by atoms with Gasteiger partial charge in [-0.3, -0.25) is 0 Å². The molecule has 1 fully saturated rings. The van der Waals surface area contributed by atoms with E-state index in [4.69, 9.17) is 14.0 Å². The Balaban J connectivity index is 2.35. The standard InChI is InChI=1S/C15H21BFNO3S/c1-14(2)15(3,4)21-16(20-14)11(9-22)6-10-7-12(17)8-18-13(10)19-5/h6-8,22H,9H2,1-5H3. The SMILES string of the molecule is COc1ncc(F)cc1C=C(CS)B1OC(C)(C)C(C)(C)O1. The third kappa shape index (κ3) is 3.31. The summed E-state index contributed by atoms with van der Waals surface area (Å²) in [7, 11) is 0.961. The van der Waals surface area contributed by atoms with Gasteiger partial charge in [-0.1, -0.05) is 6.08 Å². The number of pyridine rings is 1. The van der Waals surface area contributed by atoms with E-state index < -0.39 is 24.1 Å². The van der Waals surface area contributed by atoms with Gasteiger partial charge in [-0.15, -0.1) is 0 Å². The van der Waals surface area contributed by atoms with E-state index in [9.17, 15) is 4.39 Å². The Morgan fingerprint density at radius 3 is 2.45 bits per heavy atom. The van der Waals surface area contributed by atoms with Gasteiger partial charge in [0.05, 0.1) is 24.5 Å². The Kier molecular flexibility index (Phi) is 4.89. The van der Waals surface area contributed by atoms with Crippen molar-refractivity contribution in [1.29, 1.82) is 0 Å². The lowest BCUT2D eigenvalue weighted by molar-refractivity contribution is 0.00578. The van der Waals surface area contributed by atoms with Gasteiger partial charge in [0.15, 0.2) is 0 Å². The van der Waals surface area contributed by atoms with Crippen molar-refractivity contribution in [3.8, 4) is 5.88 Å². The summed E-state index contributed by atoms with van der Waals surface area (Å²) in [6.45, 7) is 7.92. The number of thiol groups is 1. The molecule has 2 heterocycles. The average molecular weight is 325 g/mol. The van der Waals surface area contributed by atoms with E-state index in [2.05, 4.69) is 17.6 Å². The molecular formula is C15H21BFNO3S. The van der Waals surface area contributed by atoms with Crippen molar-refractivity contribution in [2.45, 2.75) is 38.9 Å². The maximum absolute atomic E-state index is 13.4. The second kappa shape index (κ2) is 6.22. The molecule has 1 saturated heterocycles. The van der Waals surface area contributed by atoms with Crippen molar-refractivity contribution in [2.75, 3.05) is 12.9 Å². The molecule has 1 aromatic rings. The molecule has 0 amide bonds. The van der Waals surface area contributed by atoms with E-state index in [0.29, 0.717) is 17.2 Å². The Morgan fingerprint density at radius 1 is 1.36 bits per heavy atom. The number of methoxy groups -OCH3 is 1. The Labute approximate surface area is 136 Å². The van der Waals surface area contributed by atoms with E-state index in [0.717, 1.165) is 11.7 Å². The molecule has 0 aromatic carbocycles. The number of nitrogens with zero attached hydrogens (tertiary/aromatic N) is 1. The van der Waals surface area contributed by atoms with Crippen molar-refractivity contribution >= 4 is 25.8 Å². The second-order valence-corrected chi connectivity index (χ2v) is 6.53. The molecule has 0 N–H and O–H groups in total. The minimum Gasteiger partial charge on any atom is -0.481 e. The molecule has 4 nitrogen and oxygen atoms in total. The van der Waals surface area contributed by atoms with Gasteiger partial charge in [0, 0.05) is 11.3 Å². The number of hydrogen-bond donors (Lipinski definition) is 1. The number of aromatic nitrogens is 1. The highest BCUT2D eigenvalue weighted by Crippen LogP contribution is 2.39. The van der Waals surface area contributed by atoms with Crippen LogP contribution in [-0.2, 0) is 9.31 Å². The minimum absolute atomic E-state index is 0.345. The van der Waals surface area contributed by atoms with Crippen LogP contribution in [0.4, 0.5) is 4.39 Å². The van der Waals surface area contributed by atoms with Crippen molar-refractivity contribution in [1.82, 2.24) is 4.98 Å². The fourth-order valence-electron chi connectivity index (χ4n) is 2.10. The quantitative estimate of drug-likeness (QED) is 0.682. The molecule has 0 spiro atoms. The van der Waals surface area contributed by atoms with Crippen LogP contribution in [0.2, 0.25) is 0 Å². The van der Waals surface area contributed by atoms with Crippen LogP contribution in [0, 0.1) is 5.82 Å². The topological polar surface area (TPSA) is 40.6 Å². The lowest BCUT2D eigenvalue weighted by atomic mass is 9.78. The molecule has 0 unspecified atom stereocenters. The molecule has 1 aliphatic heterocycles. The molecule has 1 aromatic heterocycles. The van der Waals surface area contributed by atoms with Crippen LogP contribution in [0.25, 0.3) is 6.08 Å². The van der Waals surface area contributed by atoms with Gasteiger partial charge in [-0.2, -0.15) is 12.6 Å². The molecular weight excluding hydrogens is 304 g/mol. The van der Waals surface area contributed by atoms with Gasteiger partial charge < -0.3 is 14.0 Å². The molecule has 22 heavy (non-hydrogen) atoms. The van der Waals surface area contributed by atoms with Gasteiger partial charge >= 0.3 is 7.12 Å². The van der Waals surface area contributed by atoms with Crippen LogP contribution < -0.4 is 4.74 Å². The largest absolute Gasteiger partial charge is 0.491 e. The summed E-state index contributed by atoms with van der Waals surface area (Å²) in [6.07, 6.45) is 2.87. The summed E-state index contributed by atoms with van der Waals surface area (Å²) in [6, 6.07) is 1.36. The summed E-state index contributed by atoms with van der Waals surface area (Å²) >= 11 is 4.34. The summed E-state index contributed by atoms with van der Waals surface area (Å²) in [5.74, 6) is 0.327. The molecule has 7 heteroatoms. The second-order valence-electron chi connectivity index (χ2n) is 6.22. The average Bonchev–Trinajstić information content (AvgIpc) is 2.64. The molecule has 0 radical (unpaired) electrons. The summed E-state index contributed by atoms with van der Waals surface area (Å²) < 4.78 is 30.6. The monoisotopic (exact) mass is 325 g/mol. The molecule has 1 aliphatic rings. The highest BCUT2D eigenvalue weighted by atomic mass is 32.1.